The summed E-state index contributed by atoms with van der Waals surface area (Å²) in [5.74, 6) is 1.42. The highest BCUT2D eigenvalue weighted by Gasteiger charge is 2.28. The van der Waals surface area contributed by atoms with Gasteiger partial charge < -0.3 is 4.52 Å². The fourth-order valence-corrected chi connectivity index (χ4v) is 3.36. The number of aromatic nitrogens is 2. The lowest BCUT2D eigenvalue weighted by Crippen LogP contribution is -2.19. The molecule has 128 valence electrons. The first-order valence-electron chi connectivity index (χ1n) is 8.55. The van der Waals surface area contributed by atoms with Crippen LogP contribution in [0.15, 0.2) is 53.1 Å². The SMILES string of the molecule is Cc1ccccc1-c1noc(C2CCN(Cc3ccc(F)cc3)C2)n1. The summed E-state index contributed by atoms with van der Waals surface area (Å²) in [4.78, 5) is 6.97. The number of hydrogen-bond acceptors (Lipinski definition) is 4. The average molecular weight is 337 g/mol. The van der Waals surface area contributed by atoms with Crippen LogP contribution in [0.2, 0.25) is 0 Å². The molecule has 0 amide bonds. The Kier molecular flexibility index (Phi) is 4.32. The van der Waals surface area contributed by atoms with Crippen molar-refractivity contribution in [2.24, 2.45) is 0 Å². The molecular weight excluding hydrogens is 317 g/mol. The van der Waals surface area contributed by atoms with Crippen LogP contribution >= 0.6 is 0 Å². The molecule has 1 atom stereocenters. The molecule has 2 heterocycles. The van der Waals surface area contributed by atoms with Gasteiger partial charge in [0.05, 0.1) is 5.92 Å². The van der Waals surface area contributed by atoms with E-state index in [1.807, 2.05) is 43.3 Å². The van der Waals surface area contributed by atoms with Crippen LogP contribution in [0.3, 0.4) is 0 Å². The van der Waals surface area contributed by atoms with E-state index < -0.39 is 0 Å². The van der Waals surface area contributed by atoms with Gasteiger partial charge in [-0.3, -0.25) is 4.90 Å². The van der Waals surface area contributed by atoms with Gasteiger partial charge in [0.1, 0.15) is 5.82 Å². The second-order valence-electron chi connectivity index (χ2n) is 6.62. The van der Waals surface area contributed by atoms with Crippen LogP contribution in [0.4, 0.5) is 4.39 Å². The maximum Gasteiger partial charge on any atom is 0.231 e. The van der Waals surface area contributed by atoms with Gasteiger partial charge in [-0.05, 0) is 43.1 Å². The Morgan fingerprint density at radius 3 is 2.76 bits per heavy atom. The molecule has 2 aromatic carbocycles. The fraction of sp³-hybridized carbons (Fsp3) is 0.300. The summed E-state index contributed by atoms with van der Waals surface area (Å²) >= 11 is 0. The second kappa shape index (κ2) is 6.76. The van der Waals surface area contributed by atoms with Crippen LogP contribution in [0, 0.1) is 12.7 Å². The molecule has 0 saturated carbocycles. The third-order valence-corrected chi connectivity index (χ3v) is 4.77. The summed E-state index contributed by atoms with van der Waals surface area (Å²) in [5, 5.41) is 4.16. The first-order chi connectivity index (χ1) is 12.2. The van der Waals surface area contributed by atoms with Crippen molar-refractivity contribution in [2.75, 3.05) is 13.1 Å². The molecule has 4 rings (SSSR count). The Morgan fingerprint density at radius 2 is 1.96 bits per heavy atom. The molecule has 1 aliphatic heterocycles. The van der Waals surface area contributed by atoms with E-state index in [0.717, 1.165) is 42.7 Å². The lowest BCUT2D eigenvalue weighted by molar-refractivity contribution is 0.309. The van der Waals surface area contributed by atoms with Crippen LogP contribution in [0.25, 0.3) is 11.4 Å². The van der Waals surface area contributed by atoms with Crippen molar-refractivity contribution in [3.05, 3.63) is 71.4 Å². The van der Waals surface area contributed by atoms with Crippen molar-refractivity contribution >= 4 is 0 Å². The number of nitrogens with zero attached hydrogens (tertiary/aromatic N) is 3. The lowest BCUT2D eigenvalue weighted by atomic mass is 10.1. The monoisotopic (exact) mass is 337 g/mol. The number of rotatable bonds is 4. The van der Waals surface area contributed by atoms with Gasteiger partial charge in [0.2, 0.25) is 11.7 Å². The van der Waals surface area contributed by atoms with Gasteiger partial charge in [-0.25, -0.2) is 4.39 Å². The van der Waals surface area contributed by atoms with Crippen LogP contribution in [0.1, 0.15) is 29.4 Å². The molecule has 0 radical (unpaired) electrons. The molecule has 1 aromatic heterocycles. The van der Waals surface area contributed by atoms with E-state index in [2.05, 4.69) is 15.0 Å². The number of aryl methyl sites for hydroxylation is 1. The zero-order valence-corrected chi connectivity index (χ0v) is 14.2. The van der Waals surface area contributed by atoms with Crippen molar-refractivity contribution in [2.45, 2.75) is 25.8 Å². The van der Waals surface area contributed by atoms with E-state index in [0.29, 0.717) is 11.7 Å². The van der Waals surface area contributed by atoms with E-state index in [-0.39, 0.29) is 11.7 Å². The van der Waals surface area contributed by atoms with Gasteiger partial charge in [-0.15, -0.1) is 0 Å². The van der Waals surface area contributed by atoms with E-state index in [9.17, 15) is 4.39 Å². The molecule has 4 nitrogen and oxygen atoms in total. The first-order valence-corrected chi connectivity index (χ1v) is 8.55. The number of benzene rings is 2. The topological polar surface area (TPSA) is 42.2 Å². The van der Waals surface area contributed by atoms with Gasteiger partial charge in [0.15, 0.2) is 0 Å². The first kappa shape index (κ1) is 16.0. The van der Waals surface area contributed by atoms with Crippen molar-refractivity contribution < 1.29 is 8.91 Å². The Balaban J connectivity index is 1.44. The quantitative estimate of drug-likeness (QED) is 0.716. The largest absolute Gasteiger partial charge is 0.339 e. The molecule has 5 heteroatoms. The van der Waals surface area contributed by atoms with Crippen molar-refractivity contribution in [1.29, 1.82) is 0 Å². The second-order valence-corrected chi connectivity index (χ2v) is 6.62. The number of likely N-dealkylation sites (tertiary alicyclic amines) is 1. The summed E-state index contributed by atoms with van der Waals surface area (Å²) in [6.45, 7) is 4.72. The minimum absolute atomic E-state index is 0.197. The van der Waals surface area contributed by atoms with Crippen LogP contribution in [0.5, 0.6) is 0 Å². The zero-order valence-electron chi connectivity index (χ0n) is 14.2. The van der Waals surface area contributed by atoms with Gasteiger partial charge in [-0.2, -0.15) is 4.98 Å². The summed E-state index contributed by atoms with van der Waals surface area (Å²) in [6.07, 6.45) is 0.997. The predicted molar refractivity (Wildman–Crippen MR) is 93.5 cm³/mol. The normalized spacial score (nSPS) is 17.9. The van der Waals surface area contributed by atoms with E-state index in [4.69, 9.17) is 4.52 Å². The summed E-state index contributed by atoms with van der Waals surface area (Å²) in [5.41, 5.74) is 3.27. The average Bonchev–Trinajstić information content (AvgIpc) is 3.27. The highest BCUT2D eigenvalue weighted by molar-refractivity contribution is 5.59. The third-order valence-electron chi connectivity index (χ3n) is 4.77. The summed E-state index contributed by atoms with van der Waals surface area (Å²) < 4.78 is 18.5. The molecule has 0 bridgehead atoms. The standard InChI is InChI=1S/C20H20FN3O/c1-14-4-2-3-5-18(14)19-22-20(25-23-19)16-10-11-24(13-16)12-15-6-8-17(21)9-7-15/h2-9,16H,10-13H2,1H3. The summed E-state index contributed by atoms with van der Waals surface area (Å²) in [6, 6.07) is 14.7. The molecule has 0 spiro atoms. The highest BCUT2D eigenvalue weighted by atomic mass is 19.1. The van der Waals surface area contributed by atoms with Gasteiger partial charge in [0, 0.05) is 18.7 Å². The Bertz CT molecular complexity index is 859. The van der Waals surface area contributed by atoms with Crippen LogP contribution < -0.4 is 0 Å². The maximum atomic E-state index is 13.0. The molecule has 1 saturated heterocycles. The number of halogens is 1. The zero-order chi connectivity index (χ0) is 17.2. The molecule has 1 aliphatic rings. The molecule has 3 aromatic rings. The van der Waals surface area contributed by atoms with E-state index in [1.165, 1.54) is 12.1 Å². The highest BCUT2D eigenvalue weighted by Crippen LogP contribution is 2.29. The third kappa shape index (κ3) is 3.46. The van der Waals surface area contributed by atoms with Gasteiger partial charge in [0.25, 0.3) is 0 Å². The van der Waals surface area contributed by atoms with Gasteiger partial charge >= 0.3 is 0 Å². The van der Waals surface area contributed by atoms with Gasteiger partial charge in [-0.1, -0.05) is 41.6 Å². The molecule has 25 heavy (non-hydrogen) atoms. The van der Waals surface area contributed by atoms with Crippen LogP contribution in [-0.4, -0.2) is 28.1 Å². The van der Waals surface area contributed by atoms with Crippen LogP contribution in [-0.2, 0) is 6.54 Å². The smallest absolute Gasteiger partial charge is 0.231 e. The van der Waals surface area contributed by atoms with Crippen molar-refractivity contribution in [3.8, 4) is 11.4 Å². The van der Waals surface area contributed by atoms with Crippen molar-refractivity contribution in [3.63, 3.8) is 0 Å². The molecule has 0 aliphatic carbocycles. The fourth-order valence-electron chi connectivity index (χ4n) is 3.36. The predicted octanol–water partition coefficient (Wildman–Crippen LogP) is 4.17. The van der Waals surface area contributed by atoms with E-state index in [1.54, 1.807) is 0 Å². The van der Waals surface area contributed by atoms with E-state index >= 15 is 0 Å². The Morgan fingerprint density at radius 1 is 1.16 bits per heavy atom. The Labute approximate surface area is 146 Å². The minimum atomic E-state index is -0.197. The number of hydrogen-bond donors (Lipinski definition) is 0. The molecular formula is C20H20FN3O. The molecule has 1 fully saturated rings. The molecule has 1 unspecified atom stereocenters. The lowest BCUT2D eigenvalue weighted by Gasteiger charge is -2.15. The minimum Gasteiger partial charge on any atom is -0.339 e. The Hall–Kier alpha value is -2.53. The molecule has 0 N–H and O–H groups in total. The van der Waals surface area contributed by atoms with Crippen molar-refractivity contribution in [1.82, 2.24) is 15.0 Å². The summed E-state index contributed by atoms with van der Waals surface area (Å²) in [7, 11) is 0. The maximum absolute atomic E-state index is 13.0.